The van der Waals surface area contributed by atoms with Gasteiger partial charge in [0.05, 0.1) is 5.60 Å². The van der Waals surface area contributed by atoms with E-state index >= 15 is 0 Å². The Hall–Kier alpha value is -0.0800. The molecular formula is C10H21NO. The topological polar surface area (TPSA) is 35.2 Å². The number of rotatable bonds is 1. The fourth-order valence-corrected chi connectivity index (χ4v) is 1.96. The Labute approximate surface area is 75.5 Å². The molecule has 2 atom stereocenters. The van der Waals surface area contributed by atoms with Crippen molar-refractivity contribution in [3.05, 3.63) is 0 Å². The van der Waals surface area contributed by atoms with Gasteiger partial charge in [-0.1, -0.05) is 20.8 Å². The molecule has 0 saturated carbocycles. The van der Waals surface area contributed by atoms with Crippen LogP contribution in [0.15, 0.2) is 0 Å². The van der Waals surface area contributed by atoms with Crippen molar-refractivity contribution in [2.75, 3.05) is 6.61 Å². The molecule has 1 heterocycles. The third-order valence-electron chi connectivity index (χ3n) is 2.84. The number of hydrogen-bond acceptors (Lipinski definition) is 2. The minimum atomic E-state index is -0.0851. The molecule has 0 bridgehead atoms. The van der Waals surface area contributed by atoms with Crippen LogP contribution in [0.2, 0.25) is 0 Å². The second-order valence-electron chi connectivity index (χ2n) is 5.11. The zero-order valence-electron chi connectivity index (χ0n) is 8.68. The summed E-state index contributed by atoms with van der Waals surface area (Å²) in [4.78, 5) is 0. The van der Waals surface area contributed by atoms with Crippen LogP contribution in [0.25, 0.3) is 0 Å². The zero-order valence-corrected chi connectivity index (χ0v) is 8.68. The second-order valence-corrected chi connectivity index (χ2v) is 5.11. The van der Waals surface area contributed by atoms with Gasteiger partial charge in [0.15, 0.2) is 0 Å². The zero-order chi connectivity index (χ0) is 9.41. The lowest BCUT2D eigenvalue weighted by molar-refractivity contribution is -0.0297. The lowest BCUT2D eigenvalue weighted by Gasteiger charge is -2.39. The molecule has 1 fully saturated rings. The molecule has 1 saturated heterocycles. The van der Waals surface area contributed by atoms with Crippen LogP contribution < -0.4 is 5.73 Å². The molecule has 2 N–H and O–H groups in total. The van der Waals surface area contributed by atoms with Gasteiger partial charge in [0.25, 0.3) is 0 Å². The molecule has 1 rings (SSSR count). The Morgan fingerprint density at radius 3 is 2.33 bits per heavy atom. The Morgan fingerprint density at radius 1 is 1.42 bits per heavy atom. The van der Waals surface area contributed by atoms with E-state index in [1.807, 2.05) is 0 Å². The van der Waals surface area contributed by atoms with Crippen molar-refractivity contribution < 1.29 is 4.74 Å². The molecule has 2 heteroatoms. The van der Waals surface area contributed by atoms with Crippen LogP contribution in [0.4, 0.5) is 0 Å². The number of nitrogens with two attached hydrogens (primary N) is 1. The normalized spacial score (nSPS) is 33.8. The standard InChI is InChI=1S/C10H21NO/c1-9(2,3)8(11)10(4)6-5-7-12-10/h8H,5-7,11H2,1-4H3. The van der Waals surface area contributed by atoms with E-state index in [-0.39, 0.29) is 17.1 Å². The maximum Gasteiger partial charge on any atom is 0.0810 e. The fourth-order valence-electron chi connectivity index (χ4n) is 1.96. The Morgan fingerprint density at radius 2 is 2.00 bits per heavy atom. The first-order valence-electron chi connectivity index (χ1n) is 4.76. The van der Waals surface area contributed by atoms with Crippen LogP contribution in [0.5, 0.6) is 0 Å². The van der Waals surface area contributed by atoms with Gasteiger partial charge in [-0.15, -0.1) is 0 Å². The van der Waals surface area contributed by atoms with Gasteiger partial charge in [0.2, 0.25) is 0 Å². The Balaban J connectivity index is 2.68. The number of ether oxygens (including phenoxy) is 1. The first-order chi connectivity index (χ1) is 5.36. The van der Waals surface area contributed by atoms with E-state index < -0.39 is 0 Å². The predicted molar refractivity (Wildman–Crippen MR) is 51.0 cm³/mol. The molecule has 0 spiro atoms. The van der Waals surface area contributed by atoms with Crippen LogP contribution >= 0.6 is 0 Å². The molecule has 0 aliphatic carbocycles. The summed E-state index contributed by atoms with van der Waals surface area (Å²) in [7, 11) is 0. The van der Waals surface area contributed by atoms with Gasteiger partial charge in [-0.25, -0.2) is 0 Å². The van der Waals surface area contributed by atoms with E-state index in [1.165, 1.54) is 0 Å². The summed E-state index contributed by atoms with van der Waals surface area (Å²) >= 11 is 0. The molecule has 12 heavy (non-hydrogen) atoms. The van der Waals surface area contributed by atoms with Crippen molar-refractivity contribution in [3.8, 4) is 0 Å². The SMILES string of the molecule is CC(C)(C)C(N)C1(C)CCCO1. The molecule has 2 nitrogen and oxygen atoms in total. The van der Waals surface area contributed by atoms with Gasteiger partial charge >= 0.3 is 0 Å². The van der Waals surface area contributed by atoms with Gasteiger partial charge < -0.3 is 10.5 Å². The van der Waals surface area contributed by atoms with Gasteiger partial charge in [0.1, 0.15) is 0 Å². The summed E-state index contributed by atoms with van der Waals surface area (Å²) < 4.78 is 5.70. The van der Waals surface area contributed by atoms with Crippen molar-refractivity contribution in [1.29, 1.82) is 0 Å². The highest BCUT2D eigenvalue weighted by atomic mass is 16.5. The maximum absolute atomic E-state index is 6.17. The highest BCUT2D eigenvalue weighted by Gasteiger charge is 2.41. The maximum atomic E-state index is 6.17. The summed E-state index contributed by atoms with van der Waals surface area (Å²) in [5.74, 6) is 0. The van der Waals surface area contributed by atoms with Gasteiger partial charge in [0, 0.05) is 12.6 Å². The van der Waals surface area contributed by atoms with Crippen LogP contribution in [-0.4, -0.2) is 18.2 Å². The summed E-state index contributed by atoms with van der Waals surface area (Å²) in [5, 5.41) is 0. The minimum Gasteiger partial charge on any atom is -0.374 e. The molecule has 0 aromatic heterocycles. The highest BCUT2D eigenvalue weighted by Crippen LogP contribution is 2.35. The average molecular weight is 171 g/mol. The molecule has 0 aromatic rings. The lowest BCUT2D eigenvalue weighted by atomic mass is 9.76. The molecule has 1 aliphatic heterocycles. The van der Waals surface area contributed by atoms with Crippen molar-refractivity contribution in [2.24, 2.45) is 11.1 Å². The third kappa shape index (κ3) is 1.80. The number of hydrogen-bond donors (Lipinski definition) is 1. The highest BCUT2D eigenvalue weighted by molar-refractivity contribution is 4.96. The molecular weight excluding hydrogens is 150 g/mol. The van der Waals surface area contributed by atoms with Crippen LogP contribution in [-0.2, 0) is 4.74 Å². The minimum absolute atomic E-state index is 0.0851. The Bertz CT molecular complexity index is 154. The van der Waals surface area contributed by atoms with Crippen LogP contribution in [0.1, 0.15) is 40.5 Å². The van der Waals surface area contributed by atoms with E-state index in [1.54, 1.807) is 0 Å². The van der Waals surface area contributed by atoms with E-state index in [9.17, 15) is 0 Å². The van der Waals surface area contributed by atoms with Gasteiger partial charge in [-0.2, -0.15) is 0 Å². The van der Waals surface area contributed by atoms with Crippen molar-refractivity contribution in [1.82, 2.24) is 0 Å². The summed E-state index contributed by atoms with van der Waals surface area (Å²) in [5.41, 5.74) is 6.22. The smallest absolute Gasteiger partial charge is 0.0810 e. The molecule has 0 amide bonds. The van der Waals surface area contributed by atoms with E-state index in [4.69, 9.17) is 10.5 Å². The first kappa shape index (κ1) is 10.0. The van der Waals surface area contributed by atoms with E-state index in [0.717, 1.165) is 19.4 Å². The van der Waals surface area contributed by atoms with Gasteiger partial charge in [-0.3, -0.25) is 0 Å². The quantitative estimate of drug-likeness (QED) is 0.654. The summed E-state index contributed by atoms with van der Waals surface area (Å²) in [6, 6.07) is 0.132. The van der Waals surface area contributed by atoms with Crippen molar-refractivity contribution in [3.63, 3.8) is 0 Å². The first-order valence-corrected chi connectivity index (χ1v) is 4.76. The van der Waals surface area contributed by atoms with Crippen molar-refractivity contribution in [2.45, 2.75) is 52.2 Å². The molecule has 2 unspecified atom stereocenters. The molecule has 0 aromatic carbocycles. The summed E-state index contributed by atoms with van der Waals surface area (Å²) in [6.07, 6.45) is 2.26. The largest absolute Gasteiger partial charge is 0.374 e. The van der Waals surface area contributed by atoms with Crippen LogP contribution in [0.3, 0.4) is 0 Å². The second kappa shape index (κ2) is 3.00. The summed E-state index contributed by atoms with van der Waals surface area (Å²) in [6.45, 7) is 9.52. The third-order valence-corrected chi connectivity index (χ3v) is 2.84. The monoisotopic (exact) mass is 171 g/mol. The predicted octanol–water partition coefficient (Wildman–Crippen LogP) is 1.93. The average Bonchev–Trinajstić information content (AvgIpc) is 2.34. The lowest BCUT2D eigenvalue weighted by Crippen LogP contribution is -2.52. The van der Waals surface area contributed by atoms with Crippen LogP contribution in [0, 0.1) is 5.41 Å². The Kier molecular flexibility index (Phi) is 2.50. The molecule has 0 radical (unpaired) electrons. The van der Waals surface area contributed by atoms with Crippen molar-refractivity contribution >= 4 is 0 Å². The molecule has 72 valence electrons. The van der Waals surface area contributed by atoms with Gasteiger partial charge in [-0.05, 0) is 25.2 Å². The molecule has 1 aliphatic rings. The van der Waals surface area contributed by atoms with E-state index in [0.29, 0.717) is 0 Å². The van der Waals surface area contributed by atoms with E-state index in [2.05, 4.69) is 27.7 Å². The fraction of sp³-hybridized carbons (Fsp3) is 1.00.